The highest BCUT2D eigenvalue weighted by atomic mass is 32.2. The van der Waals surface area contributed by atoms with E-state index in [1.165, 1.54) is 31.4 Å². The minimum absolute atomic E-state index is 0.239. The predicted octanol–water partition coefficient (Wildman–Crippen LogP) is 4.45. The minimum Gasteiger partial charge on any atom is -0.296 e. The molecular weight excluding hydrogens is 381 g/mol. The normalized spacial score (nSPS) is 15.3. The van der Waals surface area contributed by atoms with Crippen LogP contribution >= 0.6 is 23.1 Å². The number of aryl methyl sites for hydroxylation is 1. The van der Waals surface area contributed by atoms with Gasteiger partial charge in [-0.25, -0.2) is 9.37 Å². The van der Waals surface area contributed by atoms with Crippen LogP contribution in [0, 0.1) is 12.7 Å². The number of thiazole rings is 1. The third kappa shape index (κ3) is 4.56. The highest BCUT2D eigenvalue weighted by Crippen LogP contribution is 2.27. The second-order valence-corrected chi connectivity index (χ2v) is 8.70. The SMILES string of the molecule is Cc1nc(CSc2nnc(CN3CCCCC3)n2-c2ccc(F)cc2)cs1. The molecule has 1 aliphatic heterocycles. The van der Waals surface area contributed by atoms with Crippen molar-refractivity contribution >= 4 is 23.1 Å². The number of aromatic nitrogens is 4. The molecule has 0 saturated carbocycles. The third-order valence-electron chi connectivity index (χ3n) is 4.61. The number of hydrogen-bond acceptors (Lipinski definition) is 6. The van der Waals surface area contributed by atoms with E-state index in [1.54, 1.807) is 35.2 Å². The molecule has 5 nitrogen and oxygen atoms in total. The Morgan fingerprint density at radius 3 is 2.59 bits per heavy atom. The van der Waals surface area contributed by atoms with Crippen molar-refractivity contribution in [3.63, 3.8) is 0 Å². The van der Waals surface area contributed by atoms with Crippen LogP contribution < -0.4 is 0 Å². The van der Waals surface area contributed by atoms with Gasteiger partial charge in [0.05, 0.1) is 17.2 Å². The smallest absolute Gasteiger partial charge is 0.196 e. The summed E-state index contributed by atoms with van der Waals surface area (Å²) in [6.45, 7) is 4.96. The molecular formula is C19H22FN5S2. The number of benzene rings is 1. The van der Waals surface area contributed by atoms with Crippen LogP contribution in [0.2, 0.25) is 0 Å². The first-order valence-electron chi connectivity index (χ1n) is 9.15. The van der Waals surface area contributed by atoms with Gasteiger partial charge in [-0.15, -0.1) is 21.5 Å². The lowest BCUT2D eigenvalue weighted by atomic mass is 10.1. The number of rotatable bonds is 6. The first-order valence-corrected chi connectivity index (χ1v) is 11.0. The summed E-state index contributed by atoms with van der Waals surface area (Å²) in [7, 11) is 0. The van der Waals surface area contributed by atoms with Crippen LogP contribution in [-0.2, 0) is 12.3 Å². The Labute approximate surface area is 166 Å². The Bertz CT molecular complexity index is 884. The molecule has 1 aliphatic rings. The van der Waals surface area contributed by atoms with Gasteiger partial charge >= 0.3 is 0 Å². The van der Waals surface area contributed by atoms with Gasteiger partial charge in [0.15, 0.2) is 11.0 Å². The van der Waals surface area contributed by atoms with E-state index in [9.17, 15) is 4.39 Å². The van der Waals surface area contributed by atoms with Crippen molar-refractivity contribution < 1.29 is 4.39 Å². The molecule has 0 bridgehead atoms. The van der Waals surface area contributed by atoms with Gasteiger partial charge < -0.3 is 0 Å². The van der Waals surface area contributed by atoms with Crippen LogP contribution in [-0.4, -0.2) is 37.7 Å². The van der Waals surface area contributed by atoms with Gasteiger partial charge in [-0.1, -0.05) is 18.2 Å². The summed E-state index contributed by atoms with van der Waals surface area (Å²) in [6.07, 6.45) is 3.76. The van der Waals surface area contributed by atoms with Crippen LogP contribution in [0.15, 0.2) is 34.8 Å². The monoisotopic (exact) mass is 403 g/mol. The first-order chi connectivity index (χ1) is 13.2. The maximum Gasteiger partial charge on any atom is 0.196 e. The molecule has 0 spiro atoms. The van der Waals surface area contributed by atoms with Crippen molar-refractivity contribution in [2.75, 3.05) is 13.1 Å². The number of likely N-dealkylation sites (tertiary alicyclic amines) is 1. The Morgan fingerprint density at radius 2 is 1.89 bits per heavy atom. The second kappa shape index (κ2) is 8.50. The summed E-state index contributed by atoms with van der Waals surface area (Å²) in [5, 5.41) is 12.9. The fourth-order valence-electron chi connectivity index (χ4n) is 3.28. The standard InChI is InChI=1S/C19H22FN5S2/c1-14-21-16(12-26-14)13-27-19-23-22-18(11-24-9-3-2-4-10-24)25(19)17-7-5-15(20)6-8-17/h5-8,12H,2-4,9-11,13H2,1H3. The van der Waals surface area contributed by atoms with Crippen molar-refractivity contribution in [1.29, 1.82) is 0 Å². The van der Waals surface area contributed by atoms with Gasteiger partial charge in [0.1, 0.15) is 5.82 Å². The Kier molecular flexibility index (Phi) is 5.85. The van der Waals surface area contributed by atoms with E-state index >= 15 is 0 Å². The zero-order chi connectivity index (χ0) is 18.6. The molecule has 0 radical (unpaired) electrons. The number of hydrogen-bond donors (Lipinski definition) is 0. The molecule has 1 aromatic carbocycles. The van der Waals surface area contributed by atoms with Gasteiger partial charge in [0.2, 0.25) is 0 Å². The summed E-state index contributed by atoms with van der Waals surface area (Å²) in [6, 6.07) is 6.54. The topological polar surface area (TPSA) is 46.8 Å². The van der Waals surface area contributed by atoms with Crippen LogP contribution in [0.1, 0.15) is 35.8 Å². The van der Waals surface area contributed by atoms with Gasteiger partial charge in [-0.3, -0.25) is 9.47 Å². The first kappa shape index (κ1) is 18.6. The lowest BCUT2D eigenvalue weighted by Crippen LogP contribution is -2.30. The van der Waals surface area contributed by atoms with Crippen LogP contribution in [0.25, 0.3) is 5.69 Å². The van der Waals surface area contributed by atoms with Gasteiger partial charge in [0, 0.05) is 16.8 Å². The zero-order valence-corrected chi connectivity index (χ0v) is 16.9. The lowest BCUT2D eigenvalue weighted by molar-refractivity contribution is 0.214. The fourth-order valence-corrected chi connectivity index (χ4v) is 4.86. The highest BCUT2D eigenvalue weighted by molar-refractivity contribution is 7.98. The lowest BCUT2D eigenvalue weighted by Gasteiger charge is -2.26. The second-order valence-electron chi connectivity index (χ2n) is 6.69. The molecule has 8 heteroatoms. The minimum atomic E-state index is -0.239. The van der Waals surface area contributed by atoms with Crippen LogP contribution in [0.4, 0.5) is 4.39 Å². The molecule has 0 N–H and O–H groups in total. The summed E-state index contributed by atoms with van der Waals surface area (Å²) in [4.78, 5) is 6.94. The zero-order valence-electron chi connectivity index (χ0n) is 15.3. The van der Waals surface area contributed by atoms with Crippen molar-refractivity contribution in [2.24, 2.45) is 0 Å². The third-order valence-corrected chi connectivity index (χ3v) is 6.40. The van der Waals surface area contributed by atoms with Gasteiger partial charge in [0.25, 0.3) is 0 Å². The van der Waals surface area contributed by atoms with E-state index < -0.39 is 0 Å². The molecule has 27 heavy (non-hydrogen) atoms. The molecule has 0 amide bonds. The molecule has 142 valence electrons. The van der Waals surface area contributed by atoms with E-state index in [4.69, 9.17) is 0 Å². The summed E-state index contributed by atoms with van der Waals surface area (Å²) >= 11 is 3.27. The van der Waals surface area contributed by atoms with Crippen molar-refractivity contribution in [2.45, 2.75) is 43.6 Å². The van der Waals surface area contributed by atoms with E-state index in [0.29, 0.717) is 0 Å². The van der Waals surface area contributed by atoms with Crippen LogP contribution in [0.5, 0.6) is 0 Å². The number of halogens is 1. The van der Waals surface area contributed by atoms with Crippen LogP contribution in [0.3, 0.4) is 0 Å². The molecule has 0 aliphatic carbocycles. The number of nitrogens with zero attached hydrogens (tertiary/aromatic N) is 5. The summed E-state index contributed by atoms with van der Waals surface area (Å²) < 4.78 is 15.5. The Morgan fingerprint density at radius 1 is 1.11 bits per heavy atom. The molecule has 1 fully saturated rings. The maximum atomic E-state index is 13.4. The van der Waals surface area contributed by atoms with Crippen molar-refractivity contribution in [3.05, 3.63) is 52.0 Å². The molecule has 0 unspecified atom stereocenters. The predicted molar refractivity (Wildman–Crippen MR) is 107 cm³/mol. The molecule has 4 rings (SSSR count). The molecule has 3 aromatic rings. The molecule has 2 aromatic heterocycles. The summed E-state index contributed by atoms with van der Waals surface area (Å²) in [5.41, 5.74) is 1.94. The van der Waals surface area contributed by atoms with E-state index in [1.807, 2.05) is 6.92 Å². The molecule has 0 atom stereocenters. The van der Waals surface area contributed by atoms with Gasteiger partial charge in [-0.2, -0.15) is 0 Å². The van der Waals surface area contributed by atoms with E-state index in [-0.39, 0.29) is 5.82 Å². The number of thioether (sulfide) groups is 1. The average Bonchev–Trinajstić information content (AvgIpc) is 3.28. The van der Waals surface area contributed by atoms with Gasteiger partial charge in [-0.05, 0) is 57.1 Å². The number of piperidine rings is 1. The van der Waals surface area contributed by atoms with E-state index in [2.05, 4.69) is 30.0 Å². The fraction of sp³-hybridized carbons (Fsp3) is 0.421. The Balaban J connectivity index is 1.60. The summed E-state index contributed by atoms with van der Waals surface area (Å²) in [5.74, 6) is 1.41. The molecule has 1 saturated heterocycles. The Hall–Kier alpha value is -1.77. The highest BCUT2D eigenvalue weighted by Gasteiger charge is 2.19. The quantitative estimate of drug-likeness (QED) is 0.569. The van der Waals surface area contributed by atoms with Crippen molar-refractivity contribution in [1.82, 2.24) is 24.6 Å². The average molecular weight is 404 g/mol. The maximum absolute atomic E-state index is 13.4. The van der Waals surface area contributed by atoms with E-state index in [0.717, 1.165) is 52.8 Å². The largest absolute Gasteiger partial charge is 0.296 e. The molecule has 3 heterocycles. The van der Waals surface area contributed by atoms with Crippen molar-refractivity contribution in [3.8, 4) is 5.69 Å².